The van der Waals surface area contributed by atoms with Crippen molar-refractivity contribution in [1.29, 1.82) is 0 Å². The van der Waals surface area contributed by atoms with Gasteiger partial charge in [0.2, 0.25) is 0 Å². The van der Waals surface area contributed by atoms with Gasteiger partial charge in [0, 0.05) is 10.8 Å². The molecule has 88 valence electrons. The lowest BCUT2D eigenvalue weighted by molar-refractivity contribution is 0.602. The first kappa shape index (κ1) is 12.2. The summed E-state index contributed by atoms with van der Waals surface area (Å²) in [6.45, 7) is 1.77. The summed E-state index contributed by atoms with van der Waals surface area (Å²) < 4.78 is 26.0. The molecule has 0 amide bonds. The molecular weight excluding hydrogens is 315 g/mol. The van der Waals surface area contributed by atoms with Gasteiger partial charge in [-0.25, -0.2) is 4.39 Å². The third-order valence-corrected chi connectivity index (χ3v) is 5.81. The molecule has 0 saturated heterocycles. The maximum Gasteiger partial charge on any atom is 0.140 e. The first-order valence-corrected chi connectivity index (χ1v) is 7.63. The lowest BCUT2D eigenvalue weighted by atomic mass is 10.2. The van der Waals surface area contributed by atoms with Gasteiger partial charge in [-0.3, -0.25) is 9.20 Å². The molecule has 3 unspecified atom stereocenters. The van der Waals surface area contributed by atoms with Crippen LogP contribution in [0.25, 0.3) is 0 Å². The van der Waals surface area contributed by atoms with Crippen LogP contribution in [0.5, 0.6) is 0 Å². The molecule has 1 aromatic rings. The molecule has 0 saturated carbocycles. The Morgan fingerprint density at radius 1 is 1.75 bits per heavy atom. The summed E-state index contributed by atoms with van der Waals surface area (Å²) in [7, 11) is -1.08. The number of nitrogens with two attached hydrogens (primary N) is 1. The fourth-order valence-electron chi connectivity index (χ4n) is 1.47. The topological polar surface area (TPSA) is 55.4 Å². The van der Waals surface area contributed by atoms with Gasteiger partial charge in [0.1, 0.15) is 17.7 Å². The maximum absolute atomic E-state index is 13.5. The Balaban J connectivity index is 2.36. The Kier molecular flexibility index (Phi) is 3.46. The SMILES string of the molecule is CC1C(N)=NC(c2sc(Br)cc2F)CS1=O. The number of halogens is 2. The molecule has 0 fully saturated rings. The minimum atomic E-state index is -1.08. The Hall–Kier alpha value is -0.270. The highest BCUT2D eigenvalue weighted by Gasteiger charge is 2.29. The van der Waals surface area contributed by atoms with Crippen LogP contribution in [0.1, 0.15) is 17.8 Å². The second-order valence-electron chi connectivity index (χ2n) is 3.52. The van der Waals surface area contributed by atoms with Crippen molar-refractivity contribution in [2.45, 2.75) is 18.2 Å². The third-order valence-electron chi connectivity index (χ3n) is 2.42. The van der Waals surface area contributed by atoms with Gasteiger partial charge in [-0.05, 0) is 28.9 Å². The van der Waals surface area contributed by atoms with Crippen molar-refractivity contribution in [2.75, 3.05) is 5.75 Å². The number of nitrogens with zero attached hydrogens (tertiary/aromatic N) is 1. The van der Waals surface area contributed by atoms with Crippen molar-refractivity contribution in [2.24, 2.45) is 10.7 Å². The van der Waals surface area contributed by atoms with E-state index in [4.69, 9.17) is 5.73 Å². The van der Waals surface area contributed by atoms with E-state index in [1.165, 1.54) is 17.4 Å². The molecule has 7 heteroatoms. The molecule has 2 N–H and O–H groups in total. The summed E-state index contributed by atoms with van der Waals surface area (Å²) in [4.78, 5) is 4.70. The predicted octanol–water partition coefficient (Wildman–Crippen LogP) is 2.20. The molecular formula is C9H10BrFN2OS2. The van der Waals surface area contributed by atoms with Gasteiger partial charge in [-0.1, -0.05) is 0 Å². The van der Waals surface area contributed by atoms with Crippen LogP contribution in [0.4, 0.5) is 4.39 Å². The fraction of sp³-hybridized carbons (Fsp3) is 0.444. The molecule has 0 bridgehead atoms. The first-order chi connectivity index (χ1) is 7.49. The highest BCUT2D eigenvalue weighted by molar-refractivity contribution is 9.11. The standard InChI is InChI=1S/C9H10BrFN2OS2/c1-4-9(12)13-6(3-16(4)14)8-5(11)2-7(10)15-8/h2,4,6H,3H2,1H3,(H2,12,13). The molecule has 3 atom stereocenters. The van der Waals surface area contributed by atoms with Crippen LogP contribution in [-0.2, 0) is 10.8 Å². The Bertz CT molecular complexity index is 474. The number of hydrogen-bond acceptors (Lipinski definition) is 4. The highest BCUT2D eigenvalue weighted by atomic mass is 79.9. The van der Waals surface area contributed by atoms with Gasteiger partial charge >= 0.3 is 0 Å². The molecule has 0 aromatic carbocycles. The zero-order valence-corrected chi connectivity index (χ0v) is 11.7. The Morgan fingerprint density at radius 3 is 2.94 bits per heavy atom. The number of rotatable bonds is 1. The monoisotopic (exact) mass is 324 g/mol. The molecule has 3 nitrogen and oxygen atoms in total. The molecule has 2 heterocycles. The first-order valence-electron chi connectivity index (χ1n) is 4.64. The van der Waals surface area contributed by atoms with Crippen LogP contribution < -0.4 is 5.73 Å². The lowest BCUT2D eigenvalue weighted by Crippen LogP contribution is -2.37. The normalized spacial score (nSPS) is 30.2. The van der Waals surface area contributed by atoms with Gasteiger partial charge in [-0.2, -0.15) is 0 Å². The maximum atomic E-state index is 13.5. The van der Waals surface area contributed by atoms with Gasteiger partial charge in [0.05, 0.1) is 19.7 Å². The van der Waals surface area contributed by atoms with E-state index in [9.17, 15) is 8.60 Å². The van der Waals surface area contributed by atoms with E-state index in [1.54, 1.807) is 6.92 Å². The van der Waals surface area contributed by atoms with Gasteiger partial charge in [-0.15, -0.1) is 11.3 Å². The van der Waals surface area contributed by atoms with E-state index < -0.39 is 16.8 Å². The molecule has 1 aromatic heterocycles. The van der Waals surface area contributed by atoms with Gasteiger partial charge < -0.3 is 5.73 Å². The molecule has 16 heavy (non-hydrogen) atoms. The summed E-state index contributed by atoms with van der Waals surface area (Å²) in [5.74, 6) is 0.370. The van der Waals surface area contributed by atoms with E-state index in [1.807, 2.05) is 0 Å². The molecule has 2 rings (SSSR count). The Morgan fingerprint density at radius 2 is 2.44 bits per heavy atom. The molecule has 0 radical (unpaired) electrons. The average Bonchev–Trinajstić information content (AvgIpc) is 2.53. The second-order valence-corrected chi connectivity index (χ2v) is 7.79. The second kappa shape index (κ2) is 4.54. The largest absolute Gasteiger partial charge is 0.386 e. The highest BCUT2D eigenvalue weighted by Crippen LogP contribution is 2.34. The molecule has 1 aliphatic rings. The summed E-state index contributed by atoms with van der Waals surface area (Å²) in [6, 6.07) is 0.987. The minimum absolute atomic E-state index is 0.234. The number of aliphatic imine (C=N–C) groups is 1. The van der Waals surface area contributed by atoms with Gasteiger partial charge in [0.25, 0.3) is 0 Å². The van der Waals surface area contributed by atoms with Crippen molar-refractivity contribution in [3.05, 3.63) is 20.5 Å². The summed E-state index contributed by atoms with van der Waals surface area (Å²) in [5, 5.41) is -0.234. The zero-order valence-electron chi connectivity index (χ0n) is 8.44. The summed E-state index contributed by atoms with van der Waals surface area (Å²) >= 11 is 4.49. The molecule has 1 aliphatic heterocycles. The summed E-state index contributed by atoms with van der Waals surface area (Å²) in [5.41, 5.74) is 5.68. The quantitative estimate of drug-likeness (QED) is 0.861. The number of thiophene rings is 1. The minimum Gasteiger partial charge on any atom is -0.386 e. The van der Waals surface area contributed by atoms with Crippen molar-refractivity contribution in [3.8, 4) is 0 Å². The smallest absolute Gasteiger partial charge is 0.140 e. The van der Waals surface area contributed by atoms with E-state index in [0.717, 1.165) is 0 Å². The van der Waals surface area contributed by atoms with Crippen molar-refractivity contribution in [3.63, 3.8) is 0 Å². The lowest BCUT2D eigenvalue weighted by Gasteiger charge is -2.22. The van der Waals surface area contributed by atoms with Crippen molar-refractivity contribution in [1.82, 2.24) is 0 Å². The van der Waals surface area contributed by atoms with Crippen LogP contribution >= 0.6 is 27.3 Å². The van der Waals surface area contributed by atoms with Crippen LogP contribution in [0.15, 0.2) is 14.8 Å². The van der Waals surface area contributed by atoms with Crippen LogP contribution in [0.3, 0.4) is 0 Å². The van der Waals surface area contributed by atoms with E-state index in [-0.39, 0.29) is 11.1 Å². The van der Waals surface area contributed by atoms with E-state index >= 15 is 0 Å². The van der Waals surface area contributed by atoms with E-state index in [0.29, 0.717) is 20.3 Å². The Labute approximate surface area is 108 Å². The summed E-state index contributed by atoms with van der Waals surface area (Å²) in [6.07, 6.45) is 0. The number of amidine groups is 1. The van der Waals surface area contributed by atoms with Crippen molar-refractivity contribution >= 4 is 43.9 Å². The van der Waals surface area contributed by atoms with Gasteiger partial charge in [0.15, 0.2) is 0 Å². The third kappa shape index (κ3) is 2.21. The van der Waals surface area contributed by atoms with Crippen LogP contribution in [0.2, 0.25) is 0 Å². The van der Waals surface area contributed by atoms with Crippen LogP contribution in [-0.4, -0.2) is 21.0 Å². The fourth-order valence-corrected chi connectivity index (χ4v) is 4.27. The van der Waals surface area contributed by atoms with Crippen LogP contribution in [0, 0.1) is 5.82 Å². The predicted molar refractivity (Wildman–Crippen MR) is 68.8 cm³/mol. The molecule has 0 spiro atoms. The average molecular weight is 325 g/mol. The number of hydrogen-bond donors (Lipinski definition) is 1. The zero-order chi connectivity index (χ0) is 11.9. The van der Waals surface area contributed by atoms with Crippen molar-refractivity contribution < 1.29 is 8.60 Å². The van der Waals surface area contributed by atoms with E-state index in [2.05, 4.69) is 20.9 Å². The molecule has 0 aliphatic carbocycles.